The van der Waals surface area contributed by atoms with Crippen LogP contribution in [0.15, 0.2) is 48.5 Å². The Morgan fingerprint density at radius 2 is 1.97 bits per heavy atom. The Labute approximate surface area is 185 Å². The average Bonchev–Trinajstić information content (AvgIpc) is 3.53. The molecular weight excluding hydrogens is 390 g/mol. The Balaban J connectivity index is 1.56. The molecule has 0 aromatic heterocycles. The van der Waals surface area contributed by atoms with Crippen LogP contribution in [0.25, 0.3) is 0 Å². The fourth-order valence-corrected chi connectivity index (χ4v) is 4.39. The summed E-state index contributed by atoms with van der Waals surface area (Å²) in [5.41, 5.74) is 1.49. The lowest BCUT2D eigenvalue weighted by Gasteiger charge is -2.33. The molecule has 3 atom stereocenters. The van der Waals surface area contributed by atoms with Gasteiger partial charge in [-0.2, -0.15) is 0 Å². The number of rotatable bonds is 8. The Morgan fingerprint density at radius 1 is 1.23 bits per heavy atom. The maximum atomic E-state index is 13.0. The van der Waals surface area contributed by atoms with Crippen molar-refractivity contribution in [1.29, 1.82) is 0 Å². The van der Waals surface area contributed by atoms with E-state index in [-0.39, 0.29) is 11.8 Å². The van der Waals surface area contributed by atoms with Crippen LogP contribution >= 0.6 is 0 Å². The second-order valence-corrected chi connectivity index (χ2v) is 9.17. The van der Waals surface area contributed by atoms with Crippen LogP contribution in [0.2, 0.25) is 0 Å². The smallest absolute Gasteiger partial charge is 0.231 e. The Kier molecular flexibility index (Phi) is 6.24. The molecule has 1 aliphatic carbocycles. The zero-order chi connectivity index (χ0) is 22.0. The topological polar surface area (TPSA) is 59.0 Å². The minimum atomic E-state index is -0.565. The fraction of sp³-hybridized carbons (Fsp3) is 0.462. The minimum absolute atomic E-state index is 0.00481. The molecule has 5 heteroatoms. The molecule has 0 unspecified atom stereocenters. The van der Waals surface area contributed by atoms with Gasteiger partial charge in [0.15, 0.2) is 11.5 Å². The highest BCUT2D eigenvalue weighted by molar-refractivity contribution is 5.89. The van der Waals surface area contributed by atoms with Gasteiger partial charge in [0, 0.05) is 24.4 Å². The van der Waals surface area contributed by atoms with E-state index in [2.05, 4.69) is 6.92 Å². The summed E-state index contributed by atoms with van der Waals surface area (Å²) in [6.45, 7) is 5.64. The second kappa shape index (κ2) is 8.91. The van der Waals surface area contributed by atoms with Crippen LogP contribution in [0, 0.1) is 17.8 Å². The van der Waals surface area contributed by atoms with Gasteiger partial charge in [0.05, 0.1) is 26.2 Å². The molecule has 31 heavy (non-hydrogen) atoms. The van der Waals surface area contributed by atoms with Crippen molar-refractivity contribution in [1.82, 2.24) is 4.90 Å². The van der Waals surface area contributed by atoms with Crippen molar-refractivity contribution in [2.45, 2.75) is 38.7 Å². The number of methoxy groups -OCH3 is 1. The van der Waals surface area contributed by atoms with Gasteiger partial charge >= 0.3 is 0 Å². The number of carbonyl (C=O) groups is 1. The van der Waals surface area contributed by atoms with Gasteiger partial charge < -0.3 is 19.5 Å². The molecule has 0 spiro atoms. The maximum absolute atomic E-state index is 13.0. The van der Waals surface area contributed by atoms with Gasteiger partial charge in [0.1, 0.15) is 0 Å². The fourth-order valence-electron chi connectivity index (χ4n) is 4.39. The van der Waals surface area contributed by atoms with E-state index < -0.39 is 11.5 Å². The first-order chi connectivity index (χ1) is 14.9. The number of nitrogens with zero attached hydrogens (tertiary/aromatic N) is 1. The predicted molar refractivity (Wildman–Crippen MR) is 120 cm³/mol. The van der Waals surface area contributed by atoms with Crippen molar-refractivity contribution in [3.8, 4) is 11.5 Å². The quantitative estimate of drug-likeness (QED) is 0.697. The molecule has 1 saturated carbocycles. The van der Waals surface area contributed by atoms with E-state index >= 15 is 0 Å². The van der Waals surface area contributed by atoms with Gasteiger partial charge in [0.2, 0.25) is 5.91 Å². The highest BCUT2D eigenvalue weighted by Crippen LogP contribution is 2.47. The van der Waals surface area contributed by atoms with Gasteiger partial charge in [-0.15, -0.1) is 0 Å². The van der Waals surface area contributed by atoms with E-state index in [4.69, 9.17) is 9.47 Å². The van der Waals surface area contributed by atoms with Gasteiger partial charge in [-0.25, -0.2) is 0 Å². The molecule has 1 saturated heterocycles. The van der Waals surface area contributed by atoms with Crippen LogP contribution in [-0.2, 0) is 4.79 Å². The Bertz CT molecular complexity index is 909. The van der Waals surface area contributed by atoms with Crippen LogP contribution < -0.4 is 9.47 Å². The highest BCUT2D eigenvalue weighted by atomic mass is 16.5. The molecule has 0 bridgehead atoms. The van der Waals surface area contributed by atoms with E-state index in [1.54, 1.807) is 13.5 Å². The van der Waals surface area contributed by atoms with E-state index in [9.17, 15) is 9.90 Å². The standard InChI is InChI=1S/C26H32NO4/c1-18(28)26(2)17-27(25(29)13-19-7-5-4-6-8-19)15-22(26)21-11-12-23(30-3)24(14-21)31-16-20-9-10-20/h4-8,11-14,18,20,22,28H,9-10,15-17H2,1-3H3/t18-,22+,26+/m1/s1. The molecule has 1 aliphatic heterocycles. The number of aliphatic hydroxyl groups is 1. The van der Waals surface area contributed by atoms with Crippen molar-refractivity contribution in [3.05, 3.63) is 66.1 Å². The van der Waals surface area contributed by atoms with E-state index in [1.165, 1.54) is 12.8 Å². The monoisotopic (exact) mass is 422 g/mol. The van der Waals surface area contributed by atoms with Gasteiger partial charge in [-0.05, 0) is 48.9 Å². The average molecular weight is 423 g/mol. The van der Waals surface area contributed by atoms with E-state index in [1.807, 2.05) is 60.4 Å². The molecule has 2 aliphatic rings. The normalized spacial score (nSPS) is 24.1. The van der Waals surface area contributed by atoms with E-state index in [0.717, 1.165) is 16.9 Å². The Hall–Kier alpha value is -2.53. The van der Waals surface area contributed by atoms with Crippen molar-refractivity contribution in [2.24, 2.45) is 11.3 Å². The zero-order valence-electron chi connectivity index (χ0n) is 18.6. The largest absolute Gasteiger partial charge is 0.493 e. The maximum Gasteiger partial charge on any atom is 0.231 e. The first-order valence-electron chi connectivity index (χ1n) is 11.1. The van der Waals surface area contributed by atoms with Crippen LogP contribution in [0.1, 0.15) is 43.7 Å². The zero-order valence-corrected chi connectivity index (χ0v) is 18.6. The number of likely N-dealkylation sites (tertiary alicyclic amines) is 1. The van der Waals surface area contributed by atoms with Crippen molar-refractivity contribution in [3.63, 3.8) is 0 Å². The summed E-state index contributed by atoms with van der Waals surface area (Å²) in [6, 6.07) is 15.6. The predicted octanol–water partition coefficient (Wildman–Crippen LogP) is 4.05. The third kappa shape index (κ3) is 4.72. The van der Waals surface area contributed by atoms with Crippen LogP contribution in [-0.4, -0.2) is 48.8 Å². The number of aliphatic hydroxyl groups excluding tert-OH is 1. The first kappa shape index (κ1) is 21.7. The third-order valence-electron chi connectivity index (χ3n) is 6.85. The van der Waals surface area contributed by atoms with Gasteiger partial charge in [-0.1, -0.05) is 43.3 Å². The molecule has 1 radical (unpaired) electrons. The molecule has 2 aromatic rings. The number of ether oxygens (including phenoxy) is 2. The van der Waals surface area contributed by atoms with Crippen LogP contribution in [0.5, 0.6) is 11.5 Å². The number of benzene rings is 2. The molecule has 4 rings (SSSR count). The summed E-state index contributed by atoms with van der Waals surface area (Å²) in [7, 11) is 1.65. The lowest BCUT2D eigenvalue weighted by atomic mass is 9.72. The molecule has 165 valence electrons. The highest BCUT2D eigenvalue weighted by Gasteiger charge is 2.48. The molecule has 1 heterocycles. The summed E-state index contributed by atoms with van der Waals surface area (Å²) < 4.78 is 11.6. The molecule has 1 N–H and O–H groups in total. The molecule has 1 amide bonds. The SMILES string of the molecule is COc1ccc([C@@H]2CN(C(=O)[CH]c3ccccc3)C[C@@]2(C)[C@@H](C)O)cc1OCC1CC1. The molecular formula is C26H32NO4. The van der Waals surface area contributed by atoms with Gasteiger partial charge in [-0.3, -0.25) is 4.79 Å². The van der Waals surface area contributed by atoms with Crippen molar-refractivity contribution < 1.29 is 19.4 Å². The Morgan fingerprint density at radius 3 is 2.61 bits per heavy atom. The molecule has 5 nitrogen and oxygen atoms in total. The first-order valence-corrected chi connectivity index (χ1v) is 11.1. The lowest BCUT2D eigenvalue weighted by Crippen LogP contribution is -2.38. The number of amides is 1. The lowest BCUT2D eigenvalue weighted by molar-refractivity contribution is -0.126. The van der Waals surface area contributed by atoms with Crippen LogP contribution in [0.3, 0.4) is 0 Å². The molecule has 2 aromatic carbocycles. The summed E-state index contributed by atoms with van der Waals surface area (Å²) in [5, 5.41) is 10.7. The van der Waals surface area contributed by atoms with Gasteiger partial charge in [0.25, 0.3) is 0 Å². The number of carbonyl (C=O) groups excluding carboxylic acids is 1. The second-order valence-electron chi connectivity index (χ2n) is 9.17. The van der Waals surface area contributed by atoms with E-state index in [0.29, 0.717) is 31.4 Å². The summed E-state index contributed by atoms with van der Waals surface area (Å²) >= 11 is 0. The minimum Gasteiger partial charge on any atom is -0.493 e. The summed E-state index contributed by atoms with van der Waals surface area (Å²) in [4.78, 5) is 14.8. The summed E-state index contributed by atoms with van der Waals surface area (Å²) in [5.74, 6) is 2.06. The summed E-state index contributed by atoms with van der Waals surface area (Å²) in [6.07, 6.45) is 3.55. The number of hydrogen-bond donors (Lipinski definition) is 1. The number of hydrogen-bond acceptors (Lipinski definition) is 4. The van der Waals surface area contributed by atoms with Crippen molar-refractivity contribution in [2.75, 3.05) is 26.8 Å². The molecule has 2 fully saturated rings. The third-order valence-corrected chi connectivity index (χ3v) is 6.85. The van der Waals surface area contributed by atoms with Crippen molar-refractivity contribution >= 4 is 5.91 Å². The van der Waals surface area contributed by atoms with Crippen LogP contribution in [0.4, 0.5) is 0 Å².